The summed E-state index contributed by atoms with van der Waals surface area (Å²) in [4.78, 5) is 56.7. The number of aliphatic carboxylic acids is 1. The Morgan fingerprint density at radius 2 is 1.77 bits per heavy atom. The summed E-state index contributed by atoms with van der Waals surface area (Å²) in [5, 5.41) is 24.4. The molecule has 0 spiro atoms. The van der Waals surface area contributed by atoms with Crippen molar-refractivity contribution in [3.63, 3.8) is 0 Å². The summed E-state index contributed by atoms with van der Waals surface area (Å²) in [7, 11) is 0. The van der Waals surface area contributed by atoms with Gasteiger partial charge >= 0.3 is 5.97 Å². The first-order valence-electron chi connectivity index (χ1n) is 13.1. The van der Waals surface area contributed by atoms with Crippen LogP contribution in [0.4, 0.5) is 0 Å². The van der Waals surface area contributed by atoms with Crippen LogP contribution in [-0.4, -0.2) is 82.0 Å². The Balaban J connectivity index is 2.14. The quantitative estimate of drug-likeness (QED) is 0.0895. The van der Waals surface area contributed by atoms with Crippen LogP contribution in [0.1, 0.15) is 51.5 Å². The lowest BCUT2D eigenvalue weighted by Crippen LogP contribution is -2.57. The molecule has 0 bridgehead atoms. The van der Waals surface area contributed by atoms with Gasteiger partial charge in [0.15, 0.2) is 5.96 Å². The standard InChI is InChI=1S/C26H41N7O6/c1-15(2)13-18(27)22(35)31-19(5-3-11-30-26(28)29)24(37)33-12-4-6-21(33)23(36)32-20(25(38)39)14-16-7-9-17(34)10-8-16/h7-10,15,18-21,34H,3-6,11-14,27H2,1-2H3,(H,31,35)(H,32,36)(H,38,39)(H4,28,29,30). The molecule has 0 saturated carbocycles. The molecule has 1 fully saturated rings. The van der Waals surface area contributed by atoms with Gasteiger partial charge in [0.2, 0.25) is 17.7 Å². The van der Waals surface area contributed by atoms with Gasteiger partial charge in [0.25, 0.3) is 0 Å². The number of amides is 3. The summed E-state index contributed by atoms with van der Waals surface area (Å²) in [6.45, 7) is 4.40. The molecule has 10 N–H and O–H groups in total. The number of phenols is 1. The van der Waals surface area contributed by atoms with Crippen molar-refractivity contribution in [1.82, 2.24) is 15.5 Å². The van der Waals surface area contributed by atoms with E-state index in [1.54, 1.807) is 12.1 Å². The highest BCUT2D eigenvalue weighted by Crippen LogP contribution is 2.21. The van der Waals surface area contributed by atoms with E-state index in [0.717, 1.165) is 0 Å². The van der Waals surface area contributed by atoms with Crippen molar-refractivity contribution in [2.24, 2.45) is 28.1 Å². The van der Waals surface area contributed by atoms with Crippen LogP contribution in [0.25, 0.3) is 0 Å². The van der Waals surface area contributed by atoms with Crippen LogP contribution in [-0.2, 0) is 25.6 Å². The molecule has 216 valence electrons. The van der Waals surface area contributed by atoms with Crippen LogP contribution in [0.2, 0.25) is 0 Å². The number of nitrogens with zero attached hydrogens (tertiary/aromatic N) is 2. The number of carbonyl (C=O) groups is 4. The maximum absolute atomic E-state index is 13.6. The number of nitrogens with one attached hydrogen (secondary N) is 2. The number of nitrogens with two attached hydrogens (primary N) is 3. The molecule has 2 rings (SSSR count). The molecule has 0 radical (unpaired) electrons. The topological polar surface area (TPSA) is 226 Å². The SMILES string of the molecule is CC(C)CC(N)C(=O)NC(CCCN=C(N)N)C(=O)N1CCCC1C(=O)NC(Cc1ccc(O)cc1)C(=O)O. The van der Waals surface area contributed by atoms with Gasteiger partial charge in [0, 0.05) is 19.5 Å². The molecule has 13 heteroatoms. The molecular weight excluding hydrogens is 506 g/mol. The van der Waals surface area contributed by atoms with Crippen LogP contribution >= 0.6 is 0 Å². The Labute approximate surface area is 228 Å². The molecule has 1 saturated heterocycles. The third-order valence-electron chi connectivity index (χ3n) is 6.45. The normalized spacial score (nSPS) is 17.2. The average Bonchev–Trinajstić information content (AvgIpc) is 3.35. The zero-order valence-corrected chi connectivity index (χ0v) is 22.5. The van der Waals surface area contributed by atoms with Crippen LogP contribution in [0, 0.1) is 5.92 Å². The van der Waals surface area contributed by atoms with E-state index in [9.17, 15) is 29.4 Å². The Bertz CT molecular complexity index is 1030. The van der Waals surface area contributed by atoms with Gasteiger partial charge in [-0.2, -0.15) is 0 Å². The summed E-state index contributed by atoms with van der Waals surface area (Å²) in [6, 6.07) is 2.14. The van der Waals surface area contributed by atoms with Crippen molar-refractivity contribution in [2.45, 2.75) is 76.5 Å². The number of rotatable bonds is 14. The Morgan fingerprint density at radius 3 is 2.36 bits per heavy atom. The second kappa shape index (κ2) is 14.9. The molecule has 1 aliphatic heterocycles. The minimum atomic E-state index is -1.23. The van der Waals surface area contributed by atoms with Gasteiger partial charge in [0.1, 0.15) is 23.9 Å². The summed E-state index contributed by atoms with van der Waals surface area (Å²) >= 11 is 0. The van der Waals surface area contributed by atoms with Crippen molar-refractivity contribution < 1.29 is 29.4 Å². The third-order valence-corrected chi connectivity index (χ3v) is 6.45. The van der Waals surface area contributed by atoms with E-state index in [4.69, 9.17) is 17.2 Å². The molecule has 0 aliphatic carbocycles. The van der Waals surface area contributed by atoms with Gasteiger partial charge in [-0.15, -0.1) is 0 Å². The minimum absolute atomic E-state index is 0.000760. The summed E-state index contributed by atoms with van der Waals surface area (Å²) < 4.78 is 0. The summed E-state index contributed by atoms with van der Waals surface area (Å²) in [6.07, 6.45) is 1.95. The molecule has 1 aliphatic rings. The van der Waals surface area contributed by atoms with Crippen molar-refractivity contribution in [3.8, 4) is 5.75 Å². The summed E-state index contributed by atoms with van der Waals surface area (Å²) in [5.41, 5.74) is 17.4. The predicted octanol–water partition coefficient (Wildman–Crippen LogP) is -0.593. The first kappa shape index (κ1) is 31.3. The zero-order valence-electron chi connectivity index (χ0n) is 22.5. The first-order chi connectivity index (χ1) is 18.4. The highest BCUT2D eigenvalue weighted by molar-refractivity contribution is 5.94. The number of phenolic OH excluding ortho intramolecular Hbond substituents is 1. The van der Waals surface area contributed by atoms with Crippen molar-refractivity contribution in [3.05, 3.63) is 29.8 Å². The molecule has 1 aromatic rings. The number of benzene rings is 1. The number of likely N-dealkylation sites (tertiary alicyclic amines) is 1. The molecule has 4 unspecified atom stereocenters. The highest BCUT2D eigenvalue weighted by atomic mass is 16.4. The van der Waals surface area contributed by atoms with Crippen LogP contribution in [0.5, 0.6) is 5.75 Å². The number of hydrogen-bond donors (Lipinski definition) is 7. The smallest absolute Gasteiger partial charge is 0.326 e. The van der Waals surface area contributed by atoms with Crippen LogP contribution in [0.15, 0.2) is 29.3 Å². The van der Waals surface area contributed by atoms with Crippen LogP contribution < -0.4 is 27.8 Å². The summed E-state index contributed by atoms with van der Waals surface area (Å²) in [5.74, 6) is -2.60. The number of carboxylic acid groups (broad SMARTS) is 1. The average molecular weight is 548 g/mol. The molecule has 3 amide bonds. The van der Waals surface area contributed by atoms with Gasteiger partial charge in [-0.05, 0) is 55.7 Å². The van der Waals surface area contributed by atoms with E-state index in [1.807, 2.05) is 13.8 Å². The molecule has 0 aromatic heterocycles. The lowest BCUT2D eigenvalue weighted by molar-refractivity contribution is -0.145. The lowest BCUT2D eigenvalue weighted by atomic mass is 10.0. The van der Waals surface area contributed by atoms with E-state index < -0.39 is 47.9 Å². The first-order valence-corrected chi connectivity index (χ1v) is 13.1. The Kier molecular flexibility index (Phi) is 12.0. The monoisotopic (exact) mass is 547 g/mol. The lowest BCUT2D eigenvalue weighted by Gasteiger charge is -2.30. The number of guanidine groups is 1. The Morgan fingerprint density at radius 1 is 1.10 bits per heavy atom. The molecule has 39 heavy (non-hydrogen) atoms. The van der Waals surface area contributed by atoms with E-state index in [-0.39, 0.29) is 43.6 Å². The molecule has 1 heterocycles. The van der Waals surface area contributed by atoms with Gasteiger partial charge in [-0.25, -0.2) is 4.79 Å². The molecule has 13 nitrogen and oxygen atoms in total. The van der Waals surface area contributed by atoms with Gasteiger partial charge in [-0.3, -0.25) is 19.4 Å². The van der Waals surface area contributed by atoms with Crippen molar-refractivity contribution in [1.29, 1.82) is 0 Å². The van der Waals surface area contributed by atoms with Crippen molar-refractivity contribution >= 4 is 29.7 Å². The number of carboxylic acids is 1. The van der Waals surface area contributed by atoms with E-state index >= 15 is 0 Å². The van der Waals surface area contributed by atoms with E-state index in [1.165, 1.54) is 17.0 Å². The second-order valence-electron chi connectivity index (χ2n) is 10.2. The molecular formula is C26H41N7O6. The fraction of sp³-hybridized carbons (Fsp3) is 0.577. The number of hydrogen-bond acceptors (Lipinski definition) is 7. The number of aromatic hydroxyl groups is 1. The number of aliphatic imine (C=N–C) groups is 1. The Hall–Kier alpha value is -3.87. The third kappa shape index (κ3) is 10.1. The van der Waals surface area contributed by atoms with Gasteiger partial charge in [0.05, 0.1) is 6.04 Å². The molecule has 4 atom stereocenters. The molecule has 1 aromatic carbocycles. The maximum atomic E-state index is 13.6. The van der Waals surface area contributed by atoms with E-state index in [0.29, 0.717) is 31.2 Å². The zero-order chi connectivity index (χ0) is 29.1. The highest BCUT2D eigenvalue weighted by Gasteiger charge is 2.39. The second-order valence-corrected chi connectivity index (χ2v) is 10.2. The van der Waals surface area contributed by atoms with Gasteiger partial charge in [-0.1, -0.05) is 26.0 Å². The number of carbonyl (C=O) groups excluding carboxylic acids is 3. The van der Waals surface area contributed by atoms with E-state index in [2.05, 4.69) is 15.6 Å². The minimum Gasteiger partial charge on any atom is -0.508 e. The van der Waals surface area contributed by atoms with Crippen molar-refractivity contribution in [2.75, 3.05) is 13.1 Å². The fourth-order valence-corrected chi connectivity index (χ4v) is 4.49. The predicted molar refractivity (Wildman–Crippen MR) is 145 cm³/mol. The maximum Gasteiger partial charge on any atom is 0.326 e. The fourth-order valence-electron chi connectivity index (χ4n) is 4.49. The van der Waals surface area contributed by atoms with Gasteiger partial charge < -0.3 is 42.9 Å². The largest absolute Gasteiger partial charge is 0.508 e. The van der Waals surface area contributed by atoms with Crippen LogP contribution in [0.3, 0.4) is 0 Å².